The Hall–Kier alpha value is -4.39. The van der Waals surface area contributed by atoms with Gasteiger partial charge in [0.15, 0.2) is 0 Å². The van der Waals surface area contributed by atoms with E-state index < -0.39 is 18.1 Å². The lowest BCUT2D eigenvalue weighted by Crippen LogP contribution is -2.44. The van der Waals surface area contributed by atoms with Crippen molar-refractivity contribution in [1.82, 2.24) is 10.3 Å². The molecule has 226 valence electrons. The number of fused-ring (bicyclic) bond motifs is 6. The van der Waals surface area contributed by atoms with E-state index in [2.05, 4.69) is 23.3 Å². The van der Waals surface area contributed by atoms with Crippen LogP contribution < -0.4 is 10.1 Å². The number of hydrogen-bond donors (Lipinski definition) is 2. The Labute approximate surface area is 257 Å². The number of amides is 1. The van der Waals surface area contributed by atoms with Gasteiger partial charge in [0.25, 0.3) is 0 Å². The summed E-state index contributed by atoms with van der Waals surface area (Å²) in [7, 11) is 0. The van der Waals surface area contributed by atoms with E-state index in [0.29, 0.717) is 29.3 Å². The number of ketones is 1. The molecule has 1 aromatic heterocycles. The fourth-order valence-corrected chi connectivity index (χ4v) is 8.20. The molecule has 7 nitrogen and oxygen atoms in total. The minimum atomic E-state index is -0.950. The molecule has 2 fully saturated rings. The van der Waals surface area contributed by atoms with Gasteiger partial charge in [-0.1, -0.05) is 61.5 Å². The Bertz CT molecular complexity index is 1710. The smallest absolute Gasteiger partial charge is 0.408 e. The molecule has 3 aliphatic carbocycles. The average Bonchev–Trinajstić information content (AvgIpc) is 3.59. The van der Waals surface area contributed by atoms with Crippen LogP contribution in [0.3, 0.4) is 0 Å². The minimum Gasteiger partial charge on any atom is -0.445 e. The molecule has 44 heavy (non-hydrogen) atoms. The van der Waals surface area contributed by atoms with Crippen LogP contribution in [0.1, 0.15) is 67.2 Å². The monoisotopic (exact) mass is 590 g/mol. The predicted molar refractivity (Wildman–Crippen MR) is 167 cm³/mol. The summed E-state index contributed by atoms with van der Waals surface area (Å²) < 4.78 is 11.4. The van der Waals surface area contributed by atoms with Crippen molar-refractivity contribution in [3.05, 3.63) is 101 Å². The molecule has 0 aliphatic heterocycles. The second kappa shape index (κ2) is 11.6. The number of aromatic amines is 1. The molecule has 0 radical (unpaired) electrons. The topological polar surface area (TPSA) is 97.5 Å². The van der Waals surface area contributed by atoms with Crippen molar-refractivity contribution in [2.75, 3.05) is 0 Å². The molecule has 3 aromatic carbocycles. The van der Waals surface area contributed by atoms with Crippen LogP contribution in [0.15, 0.2) is 79.0 Å². The van der Waals surface area contributed by atoms with Crippen LogP contribution in [0, 0.1) is 17.3 Å². The number of aryl methyl sites for hydroxylation is 1. The first-order chi connectivity index (χ1) is 21.4. The molecule has 5 atom stereocenters. The molecule has 1 heterocycles. The lowest BCUT2D eigenvalue weighted by Gasteiger charge is -2.48. The maximum absolute atomic E-state index is 13.6. The number of Topliss-reactive ketones (excluding diaryl/α,β-unsaturated/α-hetero) is 1. The number of benzene rings is 3. The molecule has 2 saturated carbocycles. The number of para-hydroxylation sites is 1. The van der Waals surface area contributed by atoms with Crippen molar-refractivity contribution in [3.8, 4) is 5.75 Å². The molecule has 4 aromatic rings. The largest absolute Gasteiger partial charge is 0.445 e. The Kier molecular flexibility index (Phi) is 7.48. The molecular formula is C37H38N2O5. The third-order valence-electron chi connectivity index (χ3n) is 10.5. The summed E-state index contributed by atoms with van der Waals surface area (Å²) in [6.07, 6.45) is 7.11. The van der Waals surface area contributed by atoms with Crippen LogP contribution in [0.5, 0.6) is 5.75 Å². The minimum absolute atomic E-state index is 0.0999. The van der Waals surface area contributed by atoms with E-state index in [1.54, 1.807) is 0 Å². The Morgan fingerprint density at radius 1 is 1.00 bits per heavy atom. The van der Waals surface area contributed by atoms with Gasteiger partial charge >= 0.3 is 12.1 Å². The van der Waals surface area contributed by atoms with Crippen LogP contribution in [-0.2, 0) is 33.8 Å². The van der Waals surface area contributed by atoms with Gasteiger partial charge in [0.1, 0.15) is 24.2 Å². The number of rotatable bonds is 7. The van der Waals surface area contributed by atoms with E-state index in [-0.39, 0.29) is 18.4 Å². The Balaban J connectivity index is 1.08. The molecule has 0 spiro atoms. The zero-order valence-corrected chi connectivity index (χ0v) is 25.0. The van der Waals surface area contributed by atoms with Gasteiger partial charge in [-0.05, 0) is 90.3 Å². The highest BCUT2D eigenvalue weighted by Gasteiger charge is 2.54. The van der Waals surface area contributed by atoms with Crippen molar-refractivity contribution in [2.45, 2.75) is 70.4 Å². The number of H-pyrrole nitrogens is 1. The SMILES string of the molecule is C[C@]12CCC3c4ccc(OC(=O)[C@@H](Cc5c[nH]c6ccccc56)NC(=O)OCc5ccccc5)cc4CCC3C1CCC2=O. The molecule has 3 unspecified atom stereocenters. The Morgan fingerprint density at radius 2 is 1.82 bits per heavy atom. The van der Waals surface area contributed by atoms with Gasteiger partial charge in [0.2, 0.25) is 0 Å². The second-order valence-corrected chi connectivity index (χ2v) is 12.9. The fraction of sp³-hybridized carbons (Fsp3) is 0.378. The zero-order chi connectivity index (χ0) is 30.3. The normalized spacial score (nSPS) is 24.6. The molecule has 7 heteroatoms. The molecular weight excluding hydrogens is 552 g/mol. The number of carbonyl (C=O) groups is 3. The highest BCUT2D eigenvalue weighted by Crippen LogP contribution is 2.59. The van der Waals surface area contributed by atoms with E-state index >= 15 is 0 Å². The first-order valence-electron chi connectivity index (χ1n) is 15.8. The first kappa shape index (κ1) is 28.4. The van der Waals surface area contributed by atoms with Crippen molar-refractivity contribution in [1.29, 1.82) is 0 Å². The van der Waals surface area contributed by atoms with Gasteiger partial charge < -0.3 is 19.8 Å². The lowest BCUT2D eigenvalue weighted by molar-refractivity contribution is -0.136. The van der Waals surface area contributed by atoms with Crippen LogP contribution in [0.2, 0.25) is 0 Å². The number of ether oxygens (including phenoxy) is 2. The predicted octanol–water partition coefficient (Wildman–Crippen LogP) is 7.04. The highest BCUT2D eigenvalue weighted by atomic mass is 16.6. The van der Waals surface area contributed by atoms with Crippen LogP contribution in [0.25, 0.3) is 10.9 Å². The summed E-state index contributed by atoms with van der Waals surface area (Å²) in [6, 6.07) is 22.3. The standard InChI is InChI=1S/C37H38N2O5/c1-37-18-17-29-27-14-12-26(19-24(27)11-13-30(29)31(37)15-16-34(37)40)44-35(41)33(20-25-21-38-32-10-6-5-9-28(25)32)39-36(42)43-22-23-7-3-2-4-8-23/h2-10,12,14,19,21,29-31,33,38H,11,13,15-18,20,22H2,1H3,(H,39,42)/t29?,30?,31?,33-,37+/m1/s1. The summed E-state index contributed by atoms with van der Waals surface area (Å²) >= 11 is 0. The molecule has 0 saturated heterocycles. The summed E-state index contributed by atoms with van der Waals surface area (Å²) in [5.41, 5.74) is 5.12. The van der Waals surface area contributed by atoms with E-state index in [0.717, 1.165) is 60.6 Å². The summed E-state index contributed by atoms with van der Waals surface area (Å²) in [4.78, 5) is 42.4. The van der Waals surface area contributed by atoms with E-state index in [1.807, 2.05) is 72.9 Å². The average molecular weight is 591 g/mol. The van der Waals surface area contributed by atoms with Gasteiger partial charge in [0, 0.05) is 35.4 Å². The van der Waals surface area contributed by atoms with E-state index in [4.69, 9.17) is 9.47 Å². The number of carbonyl (C=O) groups excluding carboxylic acids is 3. The maximum atomic E-state index is 13.6. The van der Waals surface area contributed by atoms with Gasteiger partial charge in [0.05, 0.1) is 0 Å². The van der Waals surface area contributed by atoms with Crippen LogP contribution in [0.4, 0.5) is 4.79 Å². The quantitative estimate of drug-likeness (QED) is 0.178. The Morgan fingerprint density at radius 3 is 2.68 bits per heavy atom. The van der Waals surface area contributed by atoms with Gasteiger partial charge in [-0.3, -0.25) is 4.79 Å². The van der Waals surface area contributed by atoms with Gasteiger partial charge in [-0.2, -0.15) is 0 Å². The summed E-state index contributed by atoms with van der Waals surface area (Å²) in [5.74, 6) is 1.84. The molecule has 0 bridgehead atoms. The number of aromatic nitrogens is 1. The number of alkyl carbamates (subject to hydrolysis) is 1. The van der Waals surface area contributed by atoms with E-state index in [9.17, 15) is 14.4 Å². The van der Waals surface area contributed by atoms with Crippen molar-refractivity contribution in [3.63, 3.8) is 0 Å². The molecule has 1 amide bonds. The van der Waals surface area contributed by atoms with E-state index in [1.165, 1.54) is 11.1 Å². The molecule has 3 aliphatic rings. The highest BCUT2D eigenvalue weighted by molar-refractivity contribution is 5.88. The van der Waals surface area contributed by atoms with Crippen molar-refractivity contribution >= 4 is 28.7 Å². The number of hydrogen-bond acceptors (Lipinski definition) is 5. The van der Waals surface area contributed by atoms with Crippen LogP contribution >= 0.6 is 0 Å². The first-order valence-corrected chi connectivity index (χ1v) is 15.8. The summed E-state index contributed by atoms with van der Waals surface area (Å²) in [6.45, 7) is 2.29. The molecule has 2 N–H and O–H groups in total. The number of nitrogens with one attached hydrogen (secondary N) is 2. The van der Waals surface area contributed by atoms with Gasteiger partial charge in [-0.15, -0.1) is 0 Å². The van der Waals surface area contributed by atoms with Gasteiger partial charge in [-0.25, -0.2) is 9.59 Å². The maximum Gasteiger partial charge on any atom is 0.408 e. The lowest BCUT2D eigenvalue weighted by atomic mass is 9.55. The molecule has 7 rings (SSSR count). The fourth-order valence-electron chi connectivity index (χ4n) is 8.20. The zero-order valence-electron chi connectivity index (χ0n) is 25.0. The number of esters is 1. The van der Waals surface area contributed by atoms with Crippen molar-refractivity contribution < 1.29 is 23.9 Å². The second-order valence-electron chi connectivity index (χ2n) is 12.9. The van der Waals surface area contributed by atoms with Crippen molar-refractivity contribution in [2.24, 2.45) is 17.3 Å². The third kappa shape index (κ3) is 5.29. The van der Waals surface area contributed by atoms with Crippen LogP contribution in [-0.4, -0.2) is 28.9 Å². The third-order valence-corrected chi connectivity index (χ3v) is 10.5. The summed E-state index contributed by atoms with van der Waals surface area (Å²) in [5, 5.41) is 3.75.